The first kappa shape index (κ1) is 12.5. The summed E-state index contributed by atoms with van der Waals surface area (Å²) in [5, 5.41) is 9.41. The molecule has 2 unspecified atom stereocenters. The number of nitrogen functional groups attached to an aromatic ring is 1. The first-order chi connectivity index (χ1) is 8.04. The molecule has 5 heteroatoms. The lowest BCUT2D eigenvalue weighted by Gasteiger charge is -2.28. The smallest absolute Gasteiger partial charge is 0.144 e. The van der Waals surface area contributed by atoms with Gasteiger partial charge in [-0.3, -0.25) is 0 Å². The number of anilines is 2. The minimum absolute atomic E-state index is 0.00197. The summed E-state index contributed by atoms with van der Waals surface area (Å²) in [7, 11) is 0. The van der Waals surface area contributed by atoms with Gasteiger partial charge in [-0.2, -0.15) is 0 Å². The van der Waals surface area contributed by atoms with Crippen LogP contribution in [0.3, 0.4) is 0 Å². The molecular formula is C12H16ClFN2O. The molecule has 1 aromatic carbocycles. The van der Waals surface area contributed by atoms with E-state index in [0.29, 0.717) is 17.3 Å². The van der Waals surface area contributed by atoms with E-state index in [1.807, 2.05) is 4.90 Å². The van der Waals surface area contributed by atoms with Crippen molar-refractivity contribution in [2.75, 3.05) is 23.8 Å². The van der Waals surface area contributed by atoms with E-state index in [0.717, 1.165) is 13.0 Å². The summed E-state index contributed by atoms with van der Waals surface area (Å²) in [5.74, 6) is -0.106. The van der Waals surface area contributed by atoms with Crippen LogP contribution in [0.2, 0.25) is 5.02 Å². The zero-order chi connectivity index (χ0) is 12.6. The number of aliphatic hydroxyl groups is 1. The maximum Gasteiger partial charge on any atom is 0.144 e. The minimum Gasteiger partial charge on any atom is -0.397 e. The highest BCUT2D eigenvalue weighted by atomic mass is 35.5. The molecule has 3 N–H and O–H groups in total. The fraction of sp³-hybridized carbons (Fsp3) is 0.500. The van der Waals surface area contributed by atoms with Crippen LogP contribution < -0.4 is 10.6 Å². The van der Waals surface area contributed by atoms with Gasteiger partial charge in [-0.1, -0.05) is 18.5 Å². The number of nitrogens with two attached hydrogens (primary N) is 1. The normalized spacial score (nSPS) is 24.4. The largest absolute Gasteiger partial charge is 0.397 e. The molecule has 1 saturated heterocycles. The molecule has 94 valence electrons. The van der Waals surface area contributed by atoms with Crippen molar-refractivity contribution in [2.45, 2.75) is 19.4 Å². The molecule has 1 aromatic rings. The van der Waals surface area contributed by atoms with E-state index in [9.17, 15) is 9.50 Å². The zero-order valence-corrected chi connectivity index (χ0v) is 10.4. The molecule has 0 amide bonds. The SMILES string of the molecule is CC1CCN(c2cc(F)c(Cl)cc2N)C1CO. The summed E-state index contributed by atoms with van der Waals surface area (Å²) < 4.78 is 13.5. The third-order valence-corrected chi connectivity index (χ3v) is 3.74. The molecule has 17 heavy (non-hydrogen) atoms. The van der Waals surface area contributed by atoms with Gasteiger partial charge in [-0.05, 0) is 18.4 Å². The highest BCUT2D eigenvalue weighted by molar-refractivity contribution is 6.31. The van der Waals surface area contributed by atoms with Gasteiger partial charge in [0.2, 0.25) is 0 Å². The first-order valence-electron chi connectivity index (χ1n) is 5.66. The Labute approximate surface area is 105 Å². The van der Waals surface area contributed by atoms with Crippen LogP contribution in [0.1, 0.15) is 13.3 Å². The molecule has 2 atom stereocenters. The Morgan fingerprint density at radius 2 is 2.29 bits per heavy atom. The van der Waals surface area contributed by atoms with Crippen molar-refractivity contribution in [3.63, 3.8) is 0 Å². The maximum absolute atomic E-state index is 13.5. The molecule has 3 nitrogen and oxygen atoms in total. The summed E-state index contributed by atoms with van der Waals surface area (Å²) in [6, 6.07) is 2.76. The van der Waals surface area contributed by atoms with Crippen molar-refractivity contribution < 1.29 is 9.50 Å². The molecule has 0 aliphatic carbocycles. The number of benzene rings is 1. The van der Waals surface area contributed by atoms with Gasteiger partial charge < -0.3 is 15.7 Å². The fourth-order valence-corrected chi connectivity index (χ4v) is 2.56. The van der Waals surface area contributed by atoms with Gasteiger partial charge >= 0.3 is 0 Å². The zero-order valence-electron chi connectivity index (χ0n) is 9.66. The van der Waals surface area contributed by atoms with Gasteiger partial charge in [-0.25, -0.2) is 4.39 Å². The van der Waals surface area contributed by atoms with Crippen LogP contribution in [-0.4, -0.2) is 24.3 Å². The van der Waals surface area contributed by atoms with E-state index < -0.39 is 5.82 Å². The maximum atomic E-state index is 13.5. The van der Waals surface area contributed by atoms with Gasteiger partial charge in [0.1, 0.15) is 5.82 Å². The van der Waals surface area contributed by atoms with Crippen molar-refractivity contribution >= 4 is 23.0 Å². The van der Waals surface area contributed by atoms with Crippen LogP contribution in [0.15, 0.2) is 12.1 Å². The lowest BCUT2D eigenvalue weighted by molar-refractivity contribution is 0.245. The van der Waals surface area contributed by atoms with Crippen molar-refractivity contribution in [3.8, 4) is 0 Å². The van der Waals surface area contributed by atoms with E-state index in [1.54, 1.807) is 0 Å². The standard InChI is InChI=1S/C12H16ClFN2O/c1-7-2-3-16(12(7)6-17)11-5-9(14)8(13)4-10(11)15/h4-5,7,12,17H,2-3,6,15H2,1H3. The molecule has 0 saturated carbocycles. The number of hydrogen-bond acceptors (Lipinski definition) is 3. The Bertz CT molecular complexity index is 427. The number of nitrogens with zero attached hydrogens (tertiary/aromatic N) is 1. The van der Waals surface area contributed by atoms with Crippen LogP contribution in [0.25, 0.3) is 0 Å². The Morgan fingerprint density at radius 3 is 2.94 bits per heavy atom. The third kappa shape index (κ3) is 2.19. The Kier molecular flexibility index (Phi) is 3.45. The molecule has 0 bridgehead atoms. The summed E-state index contributed by atoms with van der Waals surface area (Å²) in [6.07, 6.45) is 0.967. The third-order valence-electron chi connectivity index (χ3n) is 3.45. The average molecular weight is 259 g/mol. The number of hydrogen-bond donors (Lipinski definition) is 2. The lowest BCUT2D eigenvalue weighted by Crippen LogP contribution is -2.35. The van der Waals surface area contributed by atoms with E-state index >= 15 is 0 Å². The van der Waals surface area contributed by atoms with Crippen molar-refractivity contribution in [1.29, 1.82) is 0 Å². The predicted molar refractivity (Wildman–Crippen MR) is 67.8 cm³/mol. The van der Waals surface area contributed by atoms with Gasteiger partial charge in [0.25, 0.3) is 0 Å². The summed E-state index contributed by atoms with van der Waals surface area (Å²) >= 11 is 5.67. The highest BCUT2D eigenvalue weighted by Gasteiger charge is 2.31. The van der Waals surface area contributed by atoms with Crippen molar-refractivity contribution in [1.82, 2.24) is 0 Å². The molecule has 2 rings (SSSR count). The summed E-state index contributed by atoms with van der Waals surface area (Å²) in [5.41, 5.74) is 6.93. The predicted octanol–water partition coefficient (Wildman–Crippen LogP) is 2.27. The van der Waals surface area contributed by atoms with Crippen LogP contribution >= 0.6 is 11.6 Å². The molecular weight excluding hydrogens is 243 g/mol. The van der Waals surface area contributed by atoms with Gasteiger partial charge in [0.05, 0.1) is 29.0 Å². The van der Waals surface area contributed by atoms with Crippen molar-refractivity contribution in [2.24, 2.45) is 5.92 Å². The number of halogens is 2. The van der Waals surface area contributed by atoms with Gasteiger partial charge in [0, 0.05) is 12.6 Å². The Balaban J connectivity index is 2.37. The first-order valence-corrected chi connectivity index (χ1v) is 6.04. The van der Waals surface area contributed by atoms with Crippen LogP contribution in [-0.2, 0) is 0 Å². The molecule has 1 aliphatic heterocycles. The molecule has 0 spiro atoms. The second-order valence-electron chi connectivity index (χ2n) is 4.53. The van der Waals surface area contributed by atoms with Crippen LogP contribution in [0.5, 0.6) is 0 Å². The average Bonchev–Trinajstić information content (AvgIpc) is 2.64. The van der Waals surface area contributed by atoms with Gasteiger partial charge in [0.15, 0.2) is 0 Å². The molecule has 0 radical (unpaired) electrons. The topological polar surface area (TPSA) is 49.5 Å². The molecule has 1 heterocycles. The molecule has 1 fully saturated rings. The van der Waals surface area contributed by atoms with E-state index in [1.165, 1.54) is 12.1 Å². The quantitative estimate of drug-likeness (QED) is 0.800. The minimum atomic E-state index is -0.480. The van der Waals surface area contributed by atoms with E-state index in [2.05, 4.69) is 6.92 Å². The van der Waals surface area contributed by atoms with E-state index in [-0.39, 0.29) is 17.7 Å². The van der Waals surface area contributed by atoms with E-state index in [4.69, 9.17) is 17.3 Å². The second-order valence-corrected chi connectivity index (χ2v) is 4.94. The summed E-state index contributed by atoms with van der Waals surface area (Å²) in [4.78, 5) is 1.96. The summed E-state index contributed by atoms with van der Waals surface area (Å²) in [6.45, 7) is 2.89. The molecule has 0 aromatic heterocycles. The highest BCUT2D eigenvalue weighted by Crippen LogP contribution is 2.35. The Morgan fingerprint density at radius 1 is 1.59 bits per heavy atom. The second kappa shape index (κ2) is 4.70. The van der Waals surface area contributed by atoms with Crippen molar-refractivity contribution in [3.05, 3.63) is 23.0 Å². The number of aliphatic hydroxyl groups excluding tert-OH is 1. The molecule has 1 aliphatic rings. The van der Waals surface area contributed by atoms with Crippen LogP contribution in [0.4, 0.5) is 15.8 Å². The fourth-order valence-electron chi connectivity index (χ4n) is 2.39. The monoisotopic (exact) mass is 258 g/mol. The van der Waals surface area contributed by atoms with Crippen LogP contribution in [0, 0.1) is 11.7 Å². The van der Waals surface area contributed by atoms with Gasteiger partial charge in [-0.15, -0.1) is 0 Å². The lowest BCUT2D eigenvalue weighted by atomic mass is 10.0. The number of rotatable bonds is 2. The Hall–Kier alpha value is -1.00.